The number of benzene rings is 2. The molecule has 0 radical (unpaired) electrons. The second kappa shape index (κ2) is 11.2. The van der Waals surface area contributed by atoms with Crippen molar-refractivity contribution in [3.8, 4) is 22.8 Å². The fourth-order valence-corrected chi connectivity index (χ4v) is 5.15. The van der Waals surface area contributed by atoms with Gasteiger partial charge in [-0.2, -0.15) is 5.10 Å². The number of nitrogens with zero attached hydrogens (tertiary/aromatic N) is 4. The number of ether oxygens (including phenoxy) is 1. The van der Waals surface area contributed by atoms with Crippen LogP contribution in [-0.4, -0.2) is 37.7 Å². The molecular formula is C29H35N7O2. The van der Waals surface area contributed by atoms with Crippen molar-refractivity contribution in [3.05, 3.63) is 60.9 Å². The van der Waals surface area contributed by atoms with Gasteiger partial charge in [0.15, 0.2) is 5.65 Å². The van der Waals surface area contributed by atoms with Crippen LogP contribution in [0.1, 0.15) is 52.0 Å². The van der Waals surface area contributed by atoms with Crippen molar-refractivity contribution in [1.29, 1.82) is 0 Å². The van der Waals surface area contributed by atoms with E-state index in [0.717, 1.165) is 59.5 Å². The van der Waals surface area contributed by atoms with Crippen LogP contribution >= 0.6 is 0 Å². The third-order valence-electron chi connectivity index (χ3n) is 7.08. The summed E-state index contributed by atoms with van der Waals surface area (Å²) in [5, 5.41) is 8.88. The minimum Gasteiger partial charge on any atom is -0.457 e. The number of rotatable bonds is 8. The summed E-state index contributed by atoms with van der Waals surface area (Å²) in [6.07, 6.45) is 5.62. The van der Waals surface area contributed by atoms with Crippen molar-refractivity contribution >= 4 is 22.8 Å². The molecule has 2 heterocycles. The van der Waals surface area contributed by atoms with Crippen molar-refractivity contribution in [2.24, 2.45) is 11.7 Å². The SMILES string of the molecule is CC(C)C[C@@H](N)C(=O)N[C@H]1CC[C@@H](n2nc(-c3ccc(Oc4ccccc4)cc3)c3c(N)ncnc32)CC1. The molecule has 5 rings (SSSR count). The highest BCUT2D eigenvalue weighted by molar-refractivity contribution is 5.98. The first-order valence-corrected chi connectivity index (χ1v) is 13.3. The number of carbonyl (C=O) groups is 1. The van der Waals surface area contributed by atoms with Crippen LogP contribution in [0.25, 0.3) is 22.3 Å². The molecule has 4 aromatic rings. The van der Waals surface area contributed by atoms with Crippen molar-refractivity contribution in [2.75, 3.05) is 5.73 Å². The number of fused-ring (bicyclic) bond motifs is 1. The topological polar surface area (TPSA) is 134 Å². The predicted octanol–water partition coefficient (Wildman–Crippen LogP) is 4.84. The summed E-state index contributed by atoms with van der Waals surface area (Å²) in [6.45, 7) is 4.15. The number of hydrogen-bond acceptors (Lipinski definition) is 7. The molecule has 9 heteroatoms. The monoisotopic (exact) mass is 513 g/mol. The second-order valence-corrected chi connectivity index (χ2v) is 10.4. The number of carbonyl (C=O) groups excluding carboxylic acids is 1. The van der Waals surface area contributed by atoms with Gasteiger partial charge in [-0.1, -0.05) is 32.0 Å². The first-order valence-electron chi connectivity index (χ1n) is 13.3. The van der Waals surface area contributed by atoms with Crippen LogP contribution in [-0.2, 0) is 4.79 Å². The lowest BCUT2D eigenvalue weighted by molar-refractivity contribution is -0.123. The van der Waals surface area contributed by atoms with Crippen molar-refractivity contribution < 1.29 is 9.53 Å². The molecule has 1 amide bonds. The lowest BCUT2D eigenvalue weighted by Gasteiger charge is -2.30. The van der Waals surface area contributed by atoms with Crippen LogP contribution < -0.4 is 21.5 Å². The molecule has 0 saturated heterocycles. The first kappa shape index (κ1) is 25.7. The van der Waals surface area contributed by atoms with E-state index in [4.69, 9.17) is 21.3 Å². The minimum atomic E-state index is -0.463. The van der Waals surface area contributed by atoms with Crippen LogP contribution in [0.15, 0.2) is 60.9 Å². The summed E-state index contributed by atoms with van der Waals surface area (Å²) in [5.74, 6) is 2.24. The Labute approximate surface area is 222 Å². The van der Waals surface area contributed by atoms with Crippen molar-refractivity contribution in [3.63, 3.8) is 0 Å². The molecule has 2 aromatic heterocycles. The number of amides is 1. The van der Waals surface area contributed by atoms with E-state index in [0.29, 0.717) is 18.2 Å². The van der Waals surface area contributed by atoms with Gasteiger partial charge in [0.05, 0.1) is 17.5 Å². The highest BCUT2D eigenvalue weighted by atomic mass is 16.5. The molecule has 1 atom stereocenters. The van der Waals surface area contributed by atoms with Crippen LogP contribution in [0.2, 0.25) is 0 Å². The number of hydrogen-bond donors (Lipinski definition) is 3. The minimum absolute atomic E-state index is 0.0609. The summed E-state index contributed by atoms with van der Waals surface area (Å²) < 4.78 is 7.92. The third-order valence-corrected chi connectivity index (χ3v) is 7.08. The van der Waals surface area contributed by atoms with Gasteiger partial charge in [0.2, 0.25) is 5.91 Å². The van der Waals surface area contributed by atoms with Crippen molar-refractivity contribution in [2.45, 2.75) is 64.1 Å². The van der Waals surface area contributed by atoms with Crippen LogP contribution in [0.5, 0.6) is 11.5 Å². The van der Waals surface area contributed by atoms with E-state index in [2.05, 4.69) is 29.1 Å². The molecule has 0 bridgehead atoms. The standard InChI is InChI=1S/C29H35N7O2/c1-18(2)16-24(30)29(37)34-20-10-12-21(13-11-20)36-28-25(27(31)32-17-33-28)26(35-36)19-8-14-23(15-9-19)38-22-6-4-3-5-7-22/h3-9,14-15,17-18,20-21,24H,10-13,16,30H2,1-2H3,(H,34,37)(H2,31,32,33)/t20-,21+,24-/m1/s1. The van der Waals surface area contributed by atoms with Gasteiger partial charge in [0.25, 0.3) is 0 Å². The molecule has 5 N–H and O–H groups in total. The van der Waals surface area contributed by atoms with Crippen LogP contribution in [0.4, 0.5) is 5.82 Å². The second-order valence-electron chi connectivity index (χ2n) is 10.4. The number of anilines is 1. The smallest absolute Gasteiger partial charge is 0.237 e. The molecular weight excluding hydrogens is 478 g/mol. The first-order chi connectivity index (χ1) is 18.4. The molecule has 0 unspecified atom stereocenters. The maximum Gasteiger partial charge on any atom is 0.237 e. The fraction of sp³-hybridized carbons (Fsp3) is 0.379. The largest absolute Gasteiger partial charge is 0.457 e. The van der Waals surface area contributed by atoms with Gasteiger partial charge in [0.1, 0.15) is 29.3 Å². The Kier molecular flexibility index (Phi) is 7.55. The van der Waals surface area contributed by atoms with Gasteiger partial charge < -0.3 is 21.5 Å². The fourth-order valence-electron chi connectivity index (χ4n) is 5.15. The molecule has 1 aliphatic carbocycles. The zero-order chi connectivity index (χ0) is 26.6. The van der Waals surface area contributed by atoms with E-state index in [9.17, 15) is 4.79 Å². The van der Waals surface area contributed by atoms with Crippen LogP contribution in [0.3, 0.4) is 0 Å². The molecule has 1 fully saturated rings. The average Bonchev–Trinajstić information content (AvgIpc) is 3.31. The Hall–Kier alpha value is -3.98. The highest BCUT2D eigenvalue weighted by Gasteiger charge is 2.28. The quantitative estimate of drug-likeness (QED) is 0.307. The van der Waals surface area contributed by atoms with Gasteiger partial charge >= 0.3 is 0 Å². The van der Waals surface area contributed by atoms with Gasteiger partial charge in [-0.15, -0.1) is 0 Å². The molecule has 1 aliphatic rings. The molecule has 198 valence electrons. The Morgan fingerprint density at radius 3 is 2.39 bits per heavy atom. The zero-order valence-corrected chi connectivity index (χ0v) is 21.9. The normalized spacial score (nSPS) is 18.4. The summed E-state index contributed by atoms with van der Waals surface area (Å²) in [5.41, 5.74) is 14.8. The van der Waals surface area contributed by atoms with Gasteiger partial charge in [-0.3, -0.25) is 4.79 Å². The van der Waals surface area contributed by atoms with E-state index in [-0.39, 0.29) is 18.0 Å². The molecule has 1 saturated carbocycles. The van der Waals surface area contributed by atoms with Gasteiger partial charge in [-0.25, -0.2) is 14.6 Å². The maximum absolute atomic E-state index is 12.5. The van der Waals surface area contributed by atoms with E-state index in [1.807, 2.05) is 59.3 Å². The average molecular weight is 514 g/mol. The lowest BCUT2D eigenvalue weighted by Crippen LogP contribution is -2.47. The Bertz CT molecular complexity index is 1380. The Balaban J connectivity index is 1.33. The summed E-state index contributed by atoms with van der Waals surface area (Å²) >= 11 is 0. The number of nitrogens with two attached hydrogens (primary N) is 2. The highest BCUT2D eigenvalue weighted by Crippen LogP contribution is 2.36. The summed E-state index contributed by atoms with van der Waals surface area (Å²) in [7, 11) is 0. The van der Waals surface area contributed by atoms with E-state index in [1.54, 1.807) is 0 Å². The molecule has 0 spiro atoms. The number of nitrogen functional groups attached to an aromatic ring is 1. The van der Waals surface area contributed by atoms with Gasteiger partial charge in [-0.05, 0) is 74.4 Å². The Morgan fingerprint density at radius 1 is 1.03 bits per heavy atom. The lowest BCUT2D eigenvalue weighted by atomic mass is 9.91. The van der Waals surface area contributed by atoms with Crippen molar-refractivity contribution in [1.82, 2.24) is 25.1 Å². The maximum atomic E-state index is 12.5. The van der Waals surface area contributed by atoms with E-state index < -0.39 is 6.04 Å². The predicted molar refractivity (Wildman–Crippen MR) is 149 cm³/mol. The molecule has 2 aromatic carbocycles. The number of aromatic nitrogens is 4. The molecule has 0 aliphatic heterocycles. The number of para-hydroxylation sites is 1. The summed E-state index contributed by atoms with van der Waals surface area (Å²) in [4.78, 5) is 21.3. The van der Waals surface area contributed by atoms with E-state index >= 15 is 0 Å². The van der Waals surface area contributed by atoms with Gasteiger partial charge in [0, 0.05) is 11.6 Å². The third kappa shape index (κ3) is 5.62. The Morgan fingerprint density at radius 2 is 1.71 bits per heavy atom. The van der Waals surface area contributed by atoms with E-state index in [1.165, 1.54) is 6.33 Å². The number of nitrogens with one attached hydrogen (secondary N) is 1. The van der Waals surface area contributed by atoms with Crippen LogP contribution in [0, 0.1) is 5.92 Å². The summed E-state index contributed by atoms with van der Waals surface area (Å²) in [6, 6.07) is 17.3. The molecule has 9 nitrogen and oxygen atoms in total. The zero-order valence-electron chi connectivity index (χ0n) is 21.9. The molecule has 38 heavy (non-hydrogen) atoms.